The van der Waals surface area contributed by atoms with Crippen molar-refractivity contribution in [3.05, 3.63) is 6.42 Å². The summed E-state index contributed by atoms with van der Waals surface area (Å²) in [5.74, 6) is 0.659. The standard InChI is InChI=1S/C9H15N2O/c10-9(12)8-2-1-5-11(8)6-7-3-4-7/h2,7-8H,1,3-6H2,(H2,10,12)/t8-/m1/s1. The Bertz CT molecular complexity index is 189. The monoisotopic (exact) mass is 167 g/mol. The maximum atomic E-state index is 11.0. The molecule has 1 radical (unpaired) electrons. The maximum absolute atomic E-state index is 11.0. The van der Waals surface area contributed by atoms with Crippen molar-refractivity contribution in [3.63, 3.8) is 0 Å². The van der Waals surface area contributed by atoms with Crippen LogP contribution < -0.4 is 5.73 Å². The van der Waals surface area contributed by atoms with Crippen molar-refractivity contribution in [2.45, 2.75) is 25.3 Å². The van der Waals surface area contributed by atoms with Crippen LogP contribution in [0.5, 0.6) is 0 Å². The first-order valence-electron chi connectivity index (χ1n) is 4.64. The number of nitrogens with zero attached hydrogens (tertiary/aromatic N) is 1. The minimum absolute atomic E-state index is 0.0781. The fourth-order valence-corrected chi connectivity index (χ4v) is 1.82. The molecule has 3 nitrogen and oxygen atoms in total. The van der Waals surface area contributed by atoms with E-state index in [0.717, 1.165) is 25.4 Å². The molecule has 0 aromatic rings. The summed E-state index contributed by atoms with van der Waals surface area (Å²) in [6.45, 7) is 2.09. The molecular weight excluding hydrogens is 152 g/mol. The molecule has 3 heteroatoms. The highest BCUT2D eigenvalue weighted by Gasteiger charge is 2.33. The molecule has 1 amide bonds. The Balaban J connectivity index is 1.88. The largest absolute Gasteiger partial charge is 0.368 e. The molecule has 0 aromatic carbocycles. The Morgan fingerprint density at radius 2 is 2.33 bits per heavy atom. The van der Waals surface area contributed by atoms with Crippen LogP contribution >= 0.6 is 0 Å². The van der Waals surface area contributed by atoms with Gasteiger partial charge in [0.2, 0.25) is 5.91 Å². The minimum Gasteiger partial charge on any atom is -0.368 e. The van der Waals surface area contributed by atoms with E-state index in [4.69, 9.17) is 5.73 Å². The van der Waals surface area contributed by atoms with Crippen LogP contribution in [0.15, 0.2) is 0 Å². The third kappa shape index (κ3) is 1.61. The molecule has 1 saturated heterocycles. The van der Waals surface area contributed by atoms with Gasteiger partial charge in [-0.3, -0.25) is 9.69 Å². The van der Waals surface area contributed by atoms with Crippen LogP contribution in [0.2, 0.25) is 0 Å². The normalized spacial score (nSPS) is 30.8. The van der Waals surface area contributed by atoms with Crippen molar-refractivity contribution in [1.82, 2.24) is 4.90 Å². The molecule has 2 aliphatic rings. The van der Waals surface area contributed by atoms with Crippen LogP contribution in [-0.2, 0) is 4.79 Å². The number of primary amides is 1. The molecule has 1 aliphatic carbocycles. The van der Waals surface area contributed by atoms with Crippen LogP contribution in [0.4, 0.5) is 0 Å². The number of amides is 1. The molecule has 0 spiro atoms. The van der Waals surface area contributed by atoms with Gasteiger partial charge in [0.05, 0.1) is 6.04 Å². The van der Waals surface area contributed by atoms with E-state index in [0.29, 0.717) is 0 Å². The number of carbonyl (C=O) groups excluding carboxylic acids is 1. The molecule has 1 atom stereocenters. The lowest BCUT2D eigenvalue weighted by molar-refractivity contribution is -0.121. The predicted octanol–water partition coefficient (Wildman–Crippen LogP) is 0.160. The number of likely N-dealkylation sites (tertiary alicyclic amines) is 1. The zero-order valence-corrected chi connectivity index (χ0v) is 7.20. The molecule has 0 bridgehead atoms. The van der Waals surface area contributed by atoms with Gasteiger partial charge in [0, 0.05) is 6.54 Å². The van der Waals surface area contributed by atoms with E-state index in [2.05, 4.69) is 4.90 Å². The number of hydrogen-bond acceptors (Lipinski definition) is 2. The predicted molar refractivity (Wildman–Crippen MR) is 46.2 cm³/mol. The van der Waals surface area contributed by atoms with Gasteiger partial charge >= 0.3 is 0 Å². The SMILES string of the molecule is NC(=O)[C@H]1[CH]CCN1CC1CC1. The van der Waals surface area contributed by atoms with Crippen molar-refractivity contribution >= 4 is 5.91 Å². The fourth-order valence-electron chi connectivity index (χ4n) is 1.82. The van der Waals surface area contributed by atoms with Gasteiger partial charge in [-0.05, 0) is 38.1 Å². The highest BCUT2D eigenvalue weighted by atomic mass is 16.1. The van der Waals surface area contributed by atoms with Gasteiger partial charge in [0.1, 0.15) is 0 Å². The number of rotatable bonds is 3. The fraction of sp³-hybridized carbons (Fsp3) is 0.778. The first-order valence-corrected chi connectivity index (χ1v) is 4.64. The average Bonchev–Trinajstić information content (AvgIpc) is 2.66. The molecule has 1 aliphatic heterocycles. The summed E-state index contributed by atoms with van der Waals surface area (Å²) in [7, 11) is 0. The van der Waals surface area contributed by atoms with Crippen LogP contribution in [0.25, 0.3) is 0 Å². The van der Waals surface area contributed by atoms with E-state index >= 15 is 0 Å². The van der Waals surface area contributed by atoms with Gasteiger partial charge in [-0.2, -0.15) is 0 Å². The second-order valence-electron chi connectivity index (χ2n) is 3.81. The Morgan fingerprint density at radius 1 is 1.58 bits per heavy atom. The van der Waals surface area contributed by atoms with Gasteiger partial charge in [-0.25, -0.2) is 0 Å². The summed E-state index contributed by atoms with van der Waals surface area (Å²) < 4.78 is 0. The first-order chi connectivity index (χ1) is 5.77. The lowest BCUT2D eigenvalue weighted by Gasteiger charge is -2.20. The number of hydrogen-bond donors (Lipinski definition) is 1. The number of carbonyl (C=O) groups is 1. The van der Waals surface area contributed by atoms with E-state index in [9.17, 15) is 4.79 Å². The molecule has 2 N–H and O–H groups in total. The summed E-state index contributed by atoms with van der Waals surface area (Å²) in [4.78, 5) is 13.2. The summed E-state index contributed by atoms with van der Waals surface area (Å²) in [5.41, 5.74) is 5.27. The maximum Gasteiger partial charge on any atom is 0.235 e. The molecule has 2 fully saturated rings. The lowest BCUT2D eigenvalue weighted by Crippen LogP contribution is -2.41. The van der Waals surface area contributed by atoms with Crippen LogP contribution in [0, 0.1) is 12.3 Å². The van der Waals surface area contributed by atoms with Crippen molar-refractivity contribution in [2.24, 2.45) is 11.7 Å². The first kappa shape index (κ1) is 8.05. The summed E-state index contributed by atoms with van der Waals surface area (Å²) in [6, 6.07) is -0.0781. The molecule has 1 saturated carbocycles. The molecule has 1 heterocycles. The van der Waals surface area contributed by atoms with Crippen molar-refractivity contribution in [2.75, 3.05) is 13.1 Å². The molecule has 0 unspecified atom stereocenters. The molecule has 0 aromatic heterocycles. The van der Waals surface area contributed by atoms with Crippen LogP contribution in [0.3, 0.4) is 0 Å². The van der Waals surface area contributed by atoms with Gasteiger partial charge in [0.15, 0.2) is 0 Å². The van der Waals surface area contributed by atoms with Crippen molar-refractivity contribution in [3.8, 4) is 0 Å². The number of nitrogens with two attached hydrogens (primary N) is 1. The summed E-state index contributed by atoms with van der Waals surface area (Å²) >= 11 is 0. The molecule has 67 valence electrons. The van der Waals surface area contributed by atoms with E-state index in [1.807, 2.05) is 6.42 Å². The van der Waals surface area contributed by atoms with Gasteiger partial charge in [0.25, 0.3) is 0 Å². The molecule has 12 heavy (non-hydrogen) atoms. The van der Waals surface area contributed by atoms with E-state index in [-0.39, 0.29) is 11.9 Å². The van der Waals surface area contributed by atoms with E-state index in [1.54, 1.807) is 0 Å². The summed E-state index contributed by atoms with van der Waals surface area (Å²) in [6.07, 6.45) is 5.72. The molecule has 2 rings (SSSR count). The van der Waals surface area contributed by atoms with Crippen LogP contribution in [-0.4, -0.2) is 29.9 Å². The topological polar surface area (TPSA) is 46.3 Å². The second-order valence-corrected chi connectivity index (χ2v) is 3.81. The Labute approximate surface area is 72.9 Å². The Morgan fingerprint density at radius 3 is 2.92 bits per heavy atom. The Hall–Kier alpha value is -0.570. The highest BCUT2D eigenvalue weighted by Crippen LogP contribution is 2.31. The zero-order chi connectivity index (χ0) is 8.55. The Kier molecular flexibility index (Phi) is 2.05. The van der Waals surface area contributed by atoms with E-state index in [1.165, 1.54) is 12.8 Å². The third-order valence-corrected chi connectivity index (χ3v) is 2.68. The van der Waals surface area contributed by atoms with E-state index < -0.39 is 0 Å². The van der Waals surface area contributed by atoms with Crippen molar-refractivity contribution in [1.29, 1.82) is 0 Å². The van der Waals surface area contributed by atoms with Gasteiger partial charge in [-0.1, -0.05) is 0 Å². The lowest BCUT2D eigenvalue weighted by atomic mass is 10.2. The smallest absolute Gasteiger partial charge is 0.235 e. The highest BCUT2D eigenvalue weighted by molar-refractivity contribution is 5.81. The van der Waals surface area contributed by atoms with Gasteiger partial charge < -0.3 is 5.73 Å². The second kappa shape index (κ2) is 3.05. The quantitative estimate of drug-likeness (QED) is 0.651. The van der Waals surface area contributed by atoms with Crippen LogP contribution in [0.1, 0.15) is 19.3 Å². The summed E-state index contributed by atoms with van der Waals surface area (Å²) in [5, 5.41) is 0. The third-order valence-electron chi connectivity index (χ3n) is 2.68. The van der Waals surface area contributed by atoms with Crippen molar-refractivity contribution < 1.29 is 4.79 Å². The minimum atomic E-state index is -0.187. The molecular formula is C9H15N2O. The average molecular weight is 167 g/mol. The zero-order valence-electron chi connectivity index (χ0n) is 7.20. The van der Waals surface area contributed by atoms with Gasteiger partial charge in [-0.15, -0.1) is 0 Å².